The summed E-state index contributed by atoms with van der Waals surface area (Å²) in [6, 6.07) is 48.0. The molecule has 8 aromatic rings. The zero-order valence-corrected chi connectivity index (χ0v) is 33.8. The Bertz CT molecular complexity index is 3200. The Labute approximate surface area is 348 Å². The molecule has 0 saturated heterocycles. The number of allylic oxidation sites excluding steroid dienone is 9. The maximum Gasteiger partial charge on any atom is 0.160 e. The van der Waals surface area contributed by atoms with Crippen LogP contribution in [0.4, 0.5) is 0 Å². The smallest absolute Gasteiger partial charge is 0.160 e. The number of aliphatic imine (C=N–C) groups is 2. The minimum absolute atomic E-state index is 0.277. The molecule has 59 heavy (non-hydrogen) atoms. The van der Waals surface area contributed by atoms with Crippen molar-refractivity contribution in [2.24, 2.45) is 9.98 Å². The highest BCUT2D eigenvalue weighted by molar-refractivity contribution is 7.26. The molecule has 0 fully saturated rings. The van der Waals surface area contributed by atoms with Crippen molar-refractivity contribution < 1.29 is 4.42 Å². The maximum atomic E-state index is 6.54. The molecule has 0 radical (unpaired) electrons. The lowest BCUT2D eigenvalue weighted by Gasteiger charge is -2.17. The molecule has 6 aromatic carbocycles. The average Bonchev–Trinajstić information content (AvgIpc) is 3.81. The lowest BCUT2D eigenvalue weighted by molar-refractivity contribution is 0.668. The van der Waals surface area contributed by atoms with E-state index in [0.717, 1.165) is 93.5 Å². The second kappa shape index (κ2) is 15.0. The van der Waals surface area contributed by atoms with E-state index in [4.69, 9.17) is 14.4 Å². The first-order valence-electron chi connectivity index (χ1n) is 20.8. The summed E-state index contributed by atoms with van der Waals surface area (Å²) in [6.45, 7) is 2.23. The van der Waals surface area contributed by atoms with E-state index in [-0.39, 0.29) is 5.92 Å². The van der Waals surface area contributed by atoms with Crippen LogP contribution in [-0.2, 0) is 0 Å². The summed E-state index contributed by atoms with van der Waals surface area (Å²) in [5.74, 6) is 1.02. The van der Waals surface area contributed by atoms with Crippen LogP contribution < -0.4 is 0 Å². The molecule has 284 valence electrons. The molecule has 2 aliphatic carbocycles. The molecule has 0 N–H and O–H groups in total. The molecule has 3 nitrogen and oxygen atoms in total. The number of thiophene rings is 1. The van der Waals surface area contributed by atoms with Crippen molar-refractivity contribution >= 4 is 76.3 Å². The minimum atomic E-state index is 0.277. The van der Waals surface area contributed by atoms with Crippen molar-refractivity contribution in [3.8, 4) is 11.1 Å². The standard InChI is InChI=1S/C55H42N2OS/c1-2-35-34-48(38-14-5-3-6-15-38)56-55(57-53(35)39-16-7-4-8-17-39)42-19-11-18-41(32-42)43-21-13-24-50-52(43)47-33-40(30-31-49(47)58-50)36-26-28-37(29-27-36)44-22-12-23-46-45-20-9-10-25-51(45)59-54(44)46/h4-5,7-26,28-33,36H,2-3,6,27,34H2,1H3. The van der Waals surface area contributed by atoms with Crippen LogP contribution >= 0.6 is 11.3 Å². The molecule has 0 spiro atoms. The third kappa shape index (κ3) is 6.45. The van der Waals surface area contributed by atoms with Gasteiger partial charge in [0, 0.05) is 54.4 Å². The van der Waals surface area contributed by atoms with Gasteiger partial charge in [-0.05, 0) is 95.0 Å². The quantitative estimate of drug-likeness (QED) is 0.159. The van der Waals surface area contributed by atoms with E-state index in [0.29, 0.717) is 0 Å². The van der Waals surface area contributed by atoms with Crippen LogP contribution in [0.5, 0.6) is 0 Å². The van der Waals surface area contributed by atoms with Gasteiger partial charge in [0.1, 0.15) is 11.2 Å². The van der Waals surface area contributed by atoms with Gasteiger partial charge in [-0.1, -0.05) is 147 Å². The third-order valence-corrected chi connectivity index (χ3v) is 13.4. The van der Waals surface area contributed by atoms with Crippen molar-refractivity contribution in [1.29, 1.82) is 0 Å². The Hall–Kier alpha value is -6.62. The number of benzene rings is 6. The fraction of sp³-hybridized carbons (Fsp3) is 0.127. The summed E-state index contributed by atoms with van der Waals surface area (Å²) in [5.41, 5.74) is 14.7. The van der Waals surface area contributed by atoms with Gasteiger partial charge in [-0.3, -0.25) is 0 Å². The average molecular weight is 779 g/mol. The second-order valence-corrected chi connectivity index (χ2v) is 16.8. The number of hydrogen-bond donors (Lipinski definition) is 0. The van der Waals surface area contributed by atoms with Crippen LogP contribution in [0.15, 0.2) is 195 Å². The normalized spacial score (nSPS) is 17.1. The molecule has 0 bridgehead atoms. The zero-order valence-electron chi connectivity index (χ0n) is 33.0. The molecule has 1 unspecified atom stereocenters. The largest absolute Gasteiger partial charge is 0.456 e. The first-order valence-corrected chi connectivity index (χ1v) is 21.7. The fourth-order valence-corrected chi connectivity index (χ4v) is 10.4. The van der Waals surface area contributed by atoms with Crippen molar-refractivity contribution in [1.82, 2.24) is 0 Å². The van der Waals surface area contributed by atoms with Crippen LogP contribution in [0, 0.1) is 0 Å². The van der Waals surface area contributed by atoms with Gasteiger partial charge in [-0.15, -0.1) is 11.3 Å². The van der Waals surface area contributed by atoms with Gasteiger partial charge >= 0.3 is 0 Å². The molecule has 1 aliphatic heterocycles. The van der Waals surface area contributed by atoms with Gasteiger partial charge in [0.15, 0.2) is 5.84 Å². The molecule has 0 amide bonds. The van der Waals surface area contributed by atoms with E-state index in [1.807, 2.05) is 11.3 Å². The van der Waals surface area contributed by atoms with Gasteiger partial charge in [-0.25, -0.2) is 9.98 Å². The number of hydrogen-bond acceptors (Lipinski definition) is 4. The van der Waals surface area contributed by atoms with Crippen molar-refractivity contribution in [3.05, 3.63) is 203 Å². The van der Waals surface area contributed by atoms with Crippen LogP contribution in [0.1, 0.15) is 67.2 Å². The molecule has 3 heterocycles. The third-order valence-electron chi connectivity index (χ3n) is 12.2. The molecule has 4 heteroatoms. The molecular weight excluding hydrogens is 737 g/mol. The number of rotatable bonds is 7. The number of furan rings is 1. The maximum absolute atomic E-state index is 6.54. The Balaban J connectivity index is 0.963. The van der Waals surface area contributed by atoms with E-state index in [1.165, 1.54) is 48.0 Å². The fourth-order valence-electron chi connectivity index (χ4n) is 9.13. The van der Waals surface area contributed by atoms with E-state index >= 15 is 0 Å². The van der Waals surface area contributed by atoms with E-state index < -0.39 is 0 Å². The SMILES string of the molecule is CCC1=C(c2ccccc2)N=C(c2cccc(-c3cccc4oc5ccc(C6C=CC(c7cccc8c7sc7ccccc78)=CC6)cc5c34)c2)N=C(C2=CCCC=C2)C1. The predicted molar refractivity (Wildman–Crippen MR) is 252 cm³/mol. The number of fused-ring (bicyclic) bond motifs is 6. The van der Waals surface area contributed by atoms with Crippen molar-refractivity contribution in [2.75, 3.05) is 0 Å². The Morgan fingerprint density at radius 2 is 1.46 bits per heavy atom. The lowest BCUT2D eigenvalue weighted by Crippen LogP contribution is -2.08. The summed E-state index contributed by atoms with van der Waals surface area (Å²) < 4.78 is 9.24. The summed E-state index contributed by atoms with van der Waals surface area (Å²) in [5, 5.41) is 4.95. The van der Waals surface area contributed by atoms with E-state index in [1.54, 1.807) is 0 Å². The summed E-state index contributed by atoms with van der Waals surface area (Å²) in [6.07, 6.45) is 18.7. The molecular formula is C55H42N2OS. The monoisotopic (exact) mass is 778 g/mol. The Morgan fingerprint density at radius 1 is 0.644 bits per heavy atom. The Kier molecular flexibility index (Phi) is 9.01. The summed E-state index contributed by atoms with van der Waals surface area (Å²) in [4.78, 5) is 10.8. The summed E-state index contributed by atoms with van der Waals surface area (Å²) in [7, 11) is 0. The van der Waals surface area contributed by atoms with Gasteiger partial charge in [0.25, 0.3) is 0 Å². The highest BCUT2D eigenvalue weighted by Gasteiger charge is 2.22. The topological polar surface area (TPSA) is 37.9 Å². The molecule has 3 aliphatic rings. The minimum Gasteiger partial charge on any atom is -0.456 e. The lowest BCUT2D eigenvalue weighted by atomic mass is 9.87. The highest BCUT2D eigenvalue weighted by Crippen LogP contribution is 2.42. The first-order chi connectivity index (χ1) is 29.2. The van der Waals surface area contributed by atoms with Gasteiger partial charge in [0.05, 0.1) is 11.4 Å². The summed E-state index contributed by atoms with van der Waals surface area (Å²) >= 11 is 1.89. The van der Waals surface area contributed by atoms with Crippen LogP contribution in [-0.4, -0.2) is 11.5 Å². The van der Waals surface area contributed by atoms with Crippen molar-refractivity contribution in [2.45, 2.75) is 44.9 Å². The Morgan fingerprint density at radius 3 is 2.32 bits per heavy atom. The van der Waals surface area contributed by atoms with E-state index in [9.17, 15) is 0 Å². The van der Waals surface area contributed by atoms with Crippen LogP contribution in [0.2, 0.25) is 0 Å². The van der Waals surface area contributed by atoms with E-state index in [2.05, 4.69) is 177 Å². The van der Waals surface area contributed by atoms with Crippen molar-refractivity contribution in [3.63, 3.8) is 0 Å². The second-order valence-electron chi connectivity index (χ2n) is 15.7. The van der Waals surface area contributed by atoms with Gasteiger partial charge in [-0.2, -0.15) is 0 Å². The first kappa shape index (κ1) is 35.5. The van der Waals surface area contributed by atoms with Crippen LogP contribution in [0.25, 0.3) is 64.5 Å². The zero-order chi connectivity index (χ0) is 39.3. The predicted octanol–water partition coefficient (Wildman–Crippen LogP) is 15.4. The highest BCUT2D eigenvalue weighted by atomic mass is 32.1. The number of amidine groups is 1. The van der Waals surface area contributed by atoms with Gasteiger partial charge in [0.2, 0.25) is 0 Å². The molecule has 0 saturated carbocycles. The molecule has 2 aromatic heterocycles. The van der Waals surface area contributed by atoms with Gasteiger partial charge < -0.3 is 4.42 Å². The molecule has 11 rings (SSSR count). The van der Waals surface area contributed by atoms with Crippen LogP contribution in [0.3, 0.4) is 0 Å². The number of nitrogens with zero attached hydrogens (tertiary/aromatic N) is 2. The molecule has 1 atom stereocenters.